The van der Waals surface area contributed by atoms with E-state index in [1.54, 1.807) is 0 Å². The lowest BCUT2D eigenvalue weighted by molar-refractivity contribution is -0.124. The third-order valence-corrected chi connectivity index (χ3v) is 0.955. The molecule has 0 spiro atoms. The molecule has 0 aromatic rings. The molecular weight excluding hydrogens is 114 g/mol. The molecule has 0 aromatic carbocycles. The highest BCUT2D eigenvalue weighted by Gasteiger charge is 2.06. The Morgan fingerprint density at radius 3 is 1.89 bits per heavy atom. The molecule has 1 amide bonds. The van der Waals surface area contributed by atoms with Gasteiger partial charge in [0.05, 0.1) is 0 Å². The van der Waals surface area contributed by atoms with Crippen molar-refractivity contribution >= 4 is 5.91 Å². The normalized spacial score (nSPS) is 10.4. The molecule has 0 aliphatic heterocycles. The largest absolute Gasteiger partial charge is 0.354 e. The Bertz CT molecular complexity index is 102. The molecule has 0 aliphatic rings. The second kappa shape index (κ2) is 3.49. The van der Waals surface area contributed by atoms with Gasteiger partial charge >= 0.3 is 0 Å². The fourth-order valence-electron chi connectivity index (χ4n) is 0.451. The molecule has 2 heteroatoms. The average Bonchev–Trinajstić information content (AvgIpc) is 1.63. The van der Waals surface area contributed by atoms with Crippen LogP contribution in [0.15, 0.2) is 0 Å². The highest BCUT2D eigenvalue weighted by atomic mass is 16.1. The second-order valence-electron chi connectivity index (χ2n) is 2.82. The number of carbonyl (C=O) groups excluding carboxylic acids is 1. The van der Waals surface area contributed by atoms with Crippen LogP contribution in [0, 0.1) is 5.92 Å². The van der Waals surface area contributed by atoms with Crippen molar-refractivity contribution in [2.75, 3.05) is 0 Å². The SMILES string of the molecule is CC(C)NC(=O)C(C)C.[HH]. The molecule has 9 heavy (non-hydrogen) atoms. The van der Waals surface area contributed by atoms with Gasteiger partial charge in [0.15, 0.2) is 0 Å². The minimum absolute atomic E-state index is 0. The quantitative estimate of drug-likeness (QED) is 0.603. The lowest BCUT2D eigenvalue weighted by Crippen LogP contribution is -2.33. The van der Waals surface area contributed by atoms with Crippen LogP contribution in [-0.4, -0.2) is 11.9 Å². The first-order chi connectivity index (χ1) is 4.04. The highest BCUT2D eigenvalue weighted by molar-refractivity contribution is 5.78. The van der Waals surface area contributed by atoms with Gasteiger partial charge in [-0.05, 0) is 13.8 Å². The first-order valence-electron chi connectivity index (χ1n) is 3.34. The predicted octanol–water partition coefficient (Wildman–Crippen LogP) is 1.41. The third kappa shape index (κ3) is 4.01. The Labute approximate surface area is 58.1 Å². The zero-order valence-corrected chi connectivity index (χ0v) is 6.56. The Kier molecular flexibility index (Phi) is 3.28. The van der Waals surface area contributed by atoms with Crippen molar-refractivity contribution in [1.29, 1.82) is 0 Å². The van der Waals surface area contributed by atoms with Gasteiger partial charge < -0.3 is 5.32 Å². The van der Waals surface area contributed by atoms with Gasteiger partial charge in [-0.1, -0.05) is 13.8 Å². The molecule has 0 radical (unpaired) electrons. The monoisotopic (exact) mass is 131 g/mol. The van der Waals surface area contributed by atoms with E-state index in [1.807, 2.05) is 27.7 Å². The van der Waals surface area contributed by atoms with E-state index in [1.165, 1.54) is 0 Å². The van der Waals surface area contributed by atoms with E-state index in [0.717, 1.165) is 0 Å². The summed E-state index contributed by atoms with van der Waals surface area (Å²) in [6.45, 7) is 7.69. The van der Waals surface area contributed by atoms with Gasteiger partial charge in [0, 0.05) is 13.4 Å². The maximum atomic E-state index is 10.8. The van der Waals surface area contributed by atoms with Crippen LogP contribution in [0.1, 0.15) is 29.1 Å². The summed E-state index contributed by atoms with van der Waals surface area (Å²) in [4.78, 5) is 10.8. The number of rotatable bonds is 2. The van der Waals surface area contributed by atoms with E-state index in [4.69, 9.17) is 0 Å². The van der Waals surface area contributed by atoms with Crippen molar-refractivity contribution in [3.8, 4) is 0 Å². The van der Waals surface area contributed by atoms with Gasteiger partial charge in [0.2, 0.25) is 5.91 Å². The van der Waals surface area contributed by atoms with Gasteiger partial charge in [-0.15, -0.1) is 0 Å². The van der Waals surface area contributed by atoms with Crippen LogP contribution >= 0.6 is 0 Å². The van der Waals surface area contributed by atoms with Gasteiger partial charge in [0.1, 0.15) is 0 Å². The molecule has 0 aromatic heterocycles. The van der Waals surface area contributed by atoms with Crippen molar-refractivity contribution < 1.29 is 6.22 Å². The topological polar surface area (TPSA) is 29.1 Å². The Balaban J connectivity index is 0. The van der Waals surface area contributed by atoms with E-state index in [-0.39, 0.29) is 19.3 Å². The van der Waals surface area contributed by atoms with E-state index >= 15 is 0 Å². The molecule has 1 N–H and O–H groups in total. The highest BCUT2D eigenvalue weighted by Crippen LogP contribution is 1.91. The number of nitrogens with one attached hydrogen (secondary N) is 1. The summed E-state index contributed by atoms with van der Waals surface area (Å²) in [7, 11) is 0. The lowest BCUT2D eigenvalue weighted by Gasteiger charge is -2.09. The molecule has 0 unspecified atom stereocenters. The van der Waals surface area contributed by atoms with Crippen LogP contribution < -0.4 is 5.32 Å². The molecule has 0 fully saturated rings. The second-order valence-corrected chi connectivity index (χ2v) is 2.82. The van der Waals surface area contributed by atoms with Crippen LogP contribution in [0.25, 0.3) is 0 Å². The zero-order valence-electron chi connectivity index (χ0n) is 6.56. The summed E-state index contributed by atoms with van der Waals surface area (Å²) in [5.74, 6) is 0.234. The number of hydrogen-bond acceptors (Lipinski definition) is 1. The minimum atomic E-state index is 0. The van der Waals surface area contributed by atoms with E-state index in [9.17, 15) is 4.79 Å². The summed E-state index contributed by atoms with van der Waals surface area (Å²) >= 11 is 0. The number of amides is 1. The van der Waals surface area contributed by atoms with Crippen LogP contribution in [0.2, 0.25) is 0 Å². The minimum Gasteiger partial charge on any atom is -0.354 e. The van der Waals surface area contributed by atoms with Crippen molar-refractivity contribution in [1.82, 2.24) is 5.32 Å². The standard InChI is InChI=1S/C7H15NO.H2/c1-5(2)7(9)8-6(3)4;/h5-6H,1-4H3,(H,8,9);1H. The van der Waals surface area contributed by atoms with Gasteiger partial charge in [-0.3, -0.25) is 4.79 Å². The molecule has 0 saturated heterocycles. The summed E-state index contributed by atoms with van der Waals surface area (Å²) in [5.41, 5.74) is 0. The average molecular weight is 131 g/mol. The molecular formula is C7H17NO. The fourth-order valence-corrected chi connectivity index (χ4v) is 0.451. The fraction of sp³-hybridized carbons (Fsp3) is 0.857. The number of hydrogen-bond donors (Lipinski definition) is 1. The van der Waals surface area contributed by atoms with Crippen LogP contribution in [0.4, 0.5) is 0 Å². The van der Waals surface area contributed by atoms with E-state index in [2.05, 4.69) is 5.32 Å². The molecule has 0 heterocycles. The molecule has 0 rings (SSSR count). The molecule has 0 atom stereocenters. The van der Waals surface area contributed by atoms with Crippen molar-refractivity contribution in [2.24, 2.45) is 5.92 Å². The van der Waals surface area contributed by atoms with Crippen LogP contribution in [0.5, 0.6) is 0 Å². The first kappa shape index (κ1) is 8.47. The summed E-state index contributed by atoms with van der Waals surface area (Å²) in [6, 6.07) is 0.264. The lowest BCUT2D eigenvalue weighted by atomic mass is 10.2. The maximum absolute atomic E-state index is 10.8. The molecule has 0 aliphatic carbocycles. The Morgan fingerprint density at radius 1 is 1.33 bits per heavy atom. The number of carbonyl (C=O) groups is 1. The maximum Gasteiger partial charge on any atom is 0.222 e. The molecule has 0 bridgehead atoms. The van der Waals surface area contributed by atoms with Crippen molar-refractivity contribution in [3.05, 3.63) is 0 Å². The van der Waals surface area contributed by atoms with Crippen LogP contribution in [0.3, 0.4) is 0 Å². The van der Waals surface area contributed by atoms with Gasteiger partial charge in [-0.2, -0.15) is 0 Å². The van der Waals surface area contributed by atoms with Crippen molar-refractivity contribution in [3.63, 3.8) is 0 Å². The molecule has 0 saturated carbocycles. The zero-order chi connectivity index (χ0) is 7.44. The Morgan fingerprint density at radius 2 is 1.78 bits per heavy atom. The van der Waals surface area contributed by atoms with Gasteiger partial charge in [0.25, 0.3) is 0 Å². The van der Waals surface area contributed by atoms with Crippen LogP contribution in [-0.2, 0) is 4.79 Å². The summed E-state index contributed by atoms with van der Waals surface area (Å²) < 4.78 is 0. The molecule has 56 valence electrons. The van der Waals surface area contributed by atoms with Gasteiger partial charge in [-0.25, -0.2) is 0 Å². The van der Waals surface area contributed by atoms with Crippen molar-refractivity contribution in [2.45, 2.75) is 33.7 Å². The van der Waals surface area contributed by atoms with E-state index < -0.39 is 0 Å². The summed E-state index contributed by atoms with van der Waals surface area (Å²) in [6.07, 6.45) is 0. The Hall–Kier alpha value is -0.530. The first-order valence-corrected chi connectivity index (χ1v) is 3.34. The predicted molar refractivity (Wildman–Crippen MR) is 40.2 cm³/mol. The third-order valence-electron chi connectivity index (χ3n) is 0.955. The summed E-state index contributed by atoms with van der Waals surface area (Å²) in [5, 5.41) is 2.80. The smallest absolute Gasteiger partial charge is 0.222 e. The van der Waals surface area contributed by atoms with E-state index in [0.29, 0.717) is 0 Å². The molecule has 2 nitrogen and oxygen atoms in total.